The topological polar surface area (TPSA) is 26.3 Å². The van der Waals surface area contributed by atoms with E-state index in [2.05, 4.69) is 6.92 Å². The highest BCUT2D eigenvalue weighted by Crippen LogP contribution is 2.29. The van der Waals surface area contributed by atoms with E-state index in [4.69, 9.17) is 4.74 Å². The number of Topliss-reactive ketones (excluding diaryl/α,β-unsaturated/α-hetero) is 1. The average Bonchev–Trinajstić information content (AvgIpc) is 2.46. The van der Waals surface area contributed by atoms with Crippen LogP contribution in [0.4, 0.5) is 8.78 Å². The molecule has 0 aliphatic heterocycles. The van der Waals surface area contributed by atoms with Crippen molar-refractivity contribution in [3.63, 3.8) is 0 Å². The maximum atomic E-state index is 13.6. The molecule has 116 valence electrons. The molecule has 1 aromatic carbocycles. The molecule has 0 radical (unpaired) electrons. The van der Waals surface area contributed by atoms with E-state index in [0.29, 0.717) is 5.92 Å². The Labute approximate surface area is 124 Å². The third-order valence-electron chi connectivity index (χ3n) is 4.27. The fourth-order valence-corrected chi connectivity index (χ4v) is 2.99. The minimum absolute atomic E-state index is 0.0613. The minimum Gasteiger partial charge on any atom is -0.367 e. The van der Waals surface area contributed by atoms with Crippen molar-refractivity contribution in [3.8, 4) is 0 Å². The standard InChI is InChI=1S/C17H22F2O2/c1-3-12-5-4-6-14(9-12)21-11(2)17(20)15-8-7-13(18)10-16(15)19/h7-8,10-12,14H,3-6,9H2,1-2H3. The van der Waals surface area contributed by atoms with Crippen molar-refractivity contribution < 1.29 is 18.3 Å². The van der Waals surface area contributed by atoms with Crippen molar-refractivity contribution in [1.82, 2.24) is 0 Å². The van der Waals surface area contributed by atoms with Crippen LogP contribution in [0.25, 0.3) is 0 Å². The van der Waals surface area contributed by atoms with Gasteiger partial charge in [-0.1, -0.05) is 26.2 Å². The molecule has 3 atom stereocenters. The van der Waals surface area contributed by atoms with E-state index in [1.54, 1.807) is 6.92 Å². The van der Waals surface area contributed by atoms with Gasteiger partial charge < -0.3 is 4.74 Å². The third kappa shape index (κ3) is 4.10. The van der Waals surface area contributed by atoms with Crippen molar-refractivity contribution in [2.75, 3.05) is 0 Å². The first-order valence-corrected chi connectivity index (χ1v) is 7.66. The summed E-state index contributed by atoms with van der Waals surface area (Å²) in [5, 5.41) is 0. The Morgan fingerprint density at radius 2 is 2.14 bits per heavy atom. The van der Waals surface area contributed by atoms with Gasteiger partial charge in [-0.15, -0.1) is 0 Å². The highest BCUT2D eigenvalue weighted by Gasteiger charge is 2.26. The Hall–Kier alpha value is -1.29. The Morgan fingerprint density at radius 3 is 2.81 bits per heavy atom. The summed E-state index contributed by atoms with van der Waals surface area (Å²) in [7, 11) is 0. The number of rotatable bonds is 5. The molecule has 21 heavy (non-hydrogen) atoms. The van der Waals surface area contributed by atoms with Crippen molar-refractivity contribution in [1.29, 1.82) is 0 Å². The largest absolute Gasteiger partial charge is 0.367 e. The Balaban J connectivity index is 1.99. The molecule has 0 spiro atoms. The van der Waals surface area contributed by atoms with E-state index in [0.717, 1.165) is 37.8 Å². The Kier molecular flexibility index (Phi) is 5.45. The van der Waals surface area contributed by atoms with Crippen molar-refractivity contribution >= 4 is 5.78 Å². The van der Waals surface area contributed by atoms with E-state index in [1.807, 2.05) is 0 Å². The van der Waals surface area contributed by atoms with Crippen molar-refractivity contribution in [2.45, 2.75) is 58.2 Å². The van der Waals surface area contributed by atoms with Gasteiger partial charge in [0, 0.05) is 6.07 Å². The van der Waals surface area contributed by atoms with Crippen LogP contribution in [0.2, 0.25) is 0 Å². The summed E-state index contributed by atoms with van der Waals surface area (Å²) in [6, 6.07) is 3.01. The number of ketones is 1. The van der Waals surface area contributed by atoms with Crippen LogP contribution >= 0.6 is 0 Å². The summed E-state index contributed by atoms with van der Waals surface area (Å²) < 4.78 is 32.3. The van der Waals surface area contributed by atoms with Crippen molar-refractivity contribution in [2.24, 2.45) is 5.92 Å². The maximum Gasteiger partial charge on any atom is 0.194 e. The Bertz CT molecular complexity index is 502. The van der Waals surface area contributed by atoms with Gasteiger partial charge in [-0.25, -0.2) is 8.78 Å². The SMILES string of the molecule is CCC1CCCC(OC(C)C(=O)c2ccc(F)cc2F)C1. The fourth-order valence-electron chi connectivity index (χ4n) is 2.99. The van der Waals surface area contributed by atoms with Crippen molar-refractivity contribution in [3.05, 3.63) is 35.4 Å². The molecule has 1 aromatic rings. The lowest BCUT2D eigenvalue weighted by atomic mass is 9.85. The van der Waals surface area contributed by atoms with Crippen LogP contribution in [0.15, 0.2) is 18.2 Å². The van der Waals surface area contributed by atoms with Crippen LogP contribution < -0.4 is 0 Å². The first kappa shape index (κ1) is 16.1. The molecule has 0 saturated heterocycles. The highest BCUT2D eigenvalue weighted by molar-refractivity contribution is 5.99. The number of hydrogen-bond acceptors (Lipinski definition) is 2. The lowest BCUT2D eigenvalue weighted by Crippen LogP contribution is -2.31. The second-order valence-corrected chi connectivity index (χ2v) is 5.83. The Morgan fingerprint density at radius 1 is 1.38 bits per heavy atom. The summed E-state index contributed by atoms with van der Waals surface area (Å²) in [6.45, 7) is 3.80. The van der Waals surface area contributed by atoms with Gasteiger partial charge in [0.2, 0.25) is 0 Å². The molecule has 4 heteroatoms. The molecular weight excluding hydrogens is 274 g/mol. The minimum atomic E-state index is -0.828. The number of halogens is 2. The zero-order chi connectivity index (χ0) is 15.4. The first-order chi connectivity index (χ1) is 10.0. The fraction of sp³-hybridized carbons (Fsp3) is 0.588. The number of hydrogen-bond donors (Lipinski definition) is 0. The van der Waals surface area contributed by atoms with Crippen LogP contribution in [0.1, 0.15) is 56.3 Å². The molecule has 2 rings (SSSR count). The van der Waals surface area contributed by atoms with Crippen LogP contribution in [0.5, 0.6) is 0 Å². The highest BCUT2D eigenvalue weighted by atomic mass is 19.1. The van der Waals surface area contributed by atoms with Crippen LogP contribution in [-0.2, 0) is 4.74 Å². The monoisotopic (exact) mass is 296 g/mol. The van der Waals surface area contributed by atoms with Gasteiger partial charge in [-0.05, 0) is 37.8 Å². The summed E-state index contributed by atoms with van der Waals surface area (Å²) in [5.74, 6) is -1.29. The van der Waals surface area contributed by atoms with E-state index in [9.17, 15) is 13.6 Å². The van der Waals surface area contributed by atoms with Gasteiger partial charge in [-0.2, -0.15) is 0 Å². The molecular formula is C17H22F2O2. The number of carbonyl (C=O) groups is 1. The molecule has 1 aliphatic rings. The van der Waals surface area contributed by atoms with E-state index in [-0.39, 0.29) is 11.7 Å². The van der Waals surface area contributed by atoms with Gasteiger partial charge >= 0.3 is 0 Å². The molecule has 2 nitrogen and oxygen atoms in total. The molecule has 1 aliphatic carbocycles. The number of carbonyl (C=O) groups excluding carboxylic acids is 1. The van der Waals surface area contributed by atoms with Gasteiger partial charge in [0.05, 0.1) is 11.7 Å². The zero-order valence-corrected chi connectivity index (χ0v) is 12.6. The van der Waals surface area contributed by atoms with Crippen LogP contribution in [0.3, 0.4) is 0 Å². The molecule has 0 heterocycles. The lowest BCUT2D eigenvalue weighted by Gasteiger charge is -2.30. The van der Waals surface area contributed by atoms with Gasteiger partial charge in [0.25, 0.3) is 0 Å². The summed E-state index contributed by atoms with van der Waals surface area (Å²) in [5.41, 5.74) is -0.105. The molecule has 1 fully saturated rings. The molecule has 0 amide bonds. The smallest absolute Gasteiger partial charge is 0.194 e. The molecule has 0 N–H and O–H groups in total. The second-order valence-electron chi connectivity index (χ2n) is 5.83. The quantitative estimate of drug-likeness (QED) is 0.747. The molecule has 1 saturated carbocycles. The maximum absolute atomic E-state index is 13.6. The zero-order valence-electron chi connectivity index (χ0n) is 12.6. The molecule has 3 unspecified atom stereocenters. The first-order valence-electron chi connectivity index (χ1n) is 7.66. The van der Waals surface area contributed by atoms with Crippen LogP contribution in [-0.4, -0.2) is 18.0 Å². The van der Waals surface area contributed by atoms with E-state index < -0.39 is 23.5 Å². The molecule has 0 bridgehead atoms. The summed E-state index contributed by atoms with van der Waals surface area (Å²) >= 11 is 0. The second kappa shape index (κ2) is 7.12. The predicted molar refractivity (Wildman–Crippen MR) is 77.3 cm³/mol. The normalized spacial score (nSPS) is 23.8. The van der Waals surface area contributed by atoms with Gasteiger partial charge in [0.15, 0.2) is 5.78 Å². The summed E-state index contributed by atoms with van der Waals surface area (Å²) in [6.07, 6.45) is 4.70. The lowest BCUT2D eigenvalue weighted by molar-refractivity contribution is -0.0222. The average molecular weight is 296 g/mol. The van der Waals surface area contributed by atoms with Gasteiger partial charge in [0.1, 0.15) is 17.7 Å². The third-order valence-corrected chi connectivity index (χ3v) is 4.27. The molecule has 0 aromatic heterocycles. The predicted octanol–water partition coefficient (Wildman–Crippen LogP) is 4.52. The van der Waals surface area contributed by atoms with Gasteiger partial charge in [-0.3, -0.25) is 4.79 Å². The van der Waals surface area contributed by atoms with E-state index in [1.165, 1.54) is 12.5 Å². The summed E-state index contributed by atoms with van der Waals surface area (Å²) in [4.78, 5) is 12.2. The number of ether oxygens (including phenoxy) is 1. The van der Waals surface area contributed by atoms with E-state index >= 15 is 0 Å². The number of benzene rings is 1. The van der Waals surface area contributed by atoms with Crippen LogP contribution in [0, 0.1) is 17.6 Å².